The summed E-state index contributed by atoms with van der Waals surface area (Å²) in [6, 6.07) is 9.29. The second-order valence-electron chi connectivity index (χ2n) is 17.6. The van der Waals surface area contributed by atoms with E-state index >= 15 is 0 Å². The molecule has 10 atom stereocenters. The largest absolute Gasteiger partial charge is 0.480 e. The zero-order valence-electron chi connectivity index (χ0n) is 41.2. The van der Waals surface area contributed by atoms with Gasteiger partial charge in [0.15, 0.2) is 12.6 Å². The summed E-state index contributed by atoms with van der Waals surface area (Å²) in [6.45, 7) is -3.84. The summed E-state index contributed by atoms with van der Waals surface area (Å²) in [6.07, 6.45) is -11.6. The van der Waals surface area contributed by atoms with Gasteiger partial charge in [0.1, 0.15) is 55.4 Å². The summed E-state index contributed by atoms with van der Waals surface area (Å²) in [5.74, 6) is -4.35. The number of amides is 5. The Kier molecular flexibility index (Phi) is 30.1. The molecule has 14 N–H and O–H groups in total. The number of benzene rings is 1. The molecule has 0 bridgehead atoms. The van der Waals surface area contributed by atoms with Gasteiger partial charge >= 0.3 is 11.9 Å². The van der Waals surface area contributed by atoms with Crippen LogP contribution in [0.1, 0.15) is 50.5 Å². The van der Waals surface area contributed by atoms with Crippen LogP contribution in [0.5, 0.6) is 0 Å². The van der Waals surface area contributed by atoms with Gasteiger partial charge in [-0.25, -0.2) is 0 Å². The Bertz CT molecular complexity index is 1800. The van der Waals surface area contributed by atoms with Gasteiger partial charge in [0.25, 0.3) is 0 Å². The van der Waals surface area contributed by atoms with Gasteiger partial charge in [0.05, 0.1) is 65.7 Å². The number of aliphatic hydroxyl groups is 8. The average Bonchev–Trinajstić information content (AvgIpc) is 3.36. The number of hydrogen-bond donors (Lipinski definition) is 14. The quantitative estimate of drug-likeness (QED) is 0.0219. The van der Waals surface area contributed by atoms with Gasteiger partial charge in [0.2, 0.25) is 29.5 Å². The number of ether oxygens (including phenoxy) is 5. The molecule has 2 heterocycles. The van der Waals surface area contributed by atoms with Crippen molar-refractivity contribution in [3.8, 4) is 0 Å². The lowest BCUT2D eigenvalue weighted by atomic mass is 9.99. The van der Waals surface area contributed by atoms with Crippen LogP contribution in [-0.2, 0) is 63.9 Å². The van der Waals surface area contributed by atoms with Crippen LogP contribution in [0.4, 0.5) is 0 Å². The maximum Gasteiger partial charge on any atom is 0.317 e. The number of rotatable bonds is 36. The topological polar surface area (TPSA) is 414 Å². The standard InChI is InChI=1S/C46H75N7O21/c54-26-30-39(64)41(66)43(68)45(73-30)70-18-16-50-35(59)21-52(22-36(60)51-17-19-71-46-44(69)42(67)40(65)31(27-55)74-46)20-32(56)48-14-8-3-9-15-49-34(58)24-53(25-37(61)62)23-33(57)47-13-7-2-6-12-38(63)72-28-29-10-4-1-5-11-29/h1,4-5,10-11,30-31,39-46,54-55,64-69H,2-3,6-9,12-28H2,(H,47,57)(H,48,56)(H,49,58)(H,50,59)(H,51,60)(H,61,62)/t30-,31+,39-,40+,41+,42-,43+,44-,45+,46-. The first kappa shape index (κ1) is 63.2. The van der Waals surface area contributed by atoms with Crippen LogP contribution in [0.15, 0.2) is 30.3 Å². The number of esters is 1. The molecule has 0 aliphatic carbocycles. The summed E-state index contributed by atoms with van der Waals surface area (Å²) in [5.41, 5.74) is 0.888. The first-order chi connectivity index (χ1) is 35.4. The van der Waals surface area contributed by atoms with Crippen LogP contribution >= 0.6 is 0 Å². The van der Waals surface area contributed by atoms with Gasteiger partial charge in [-0.15, -0.1) is 0 Å². The molecule has 5 amide bonds. The molecule has 28 nitrogen and oxygen atoms in total. The molecule has 0 saturated carbocycles. The van der Waals surface area contributed by atoms with E-state index in [2.05, 4.69) is 26.6 Å². The Morgan fingerprint density at radius 1 is 0.486 bits per heavy atom. The highest BCUT2D eigenvalue weighted by Crippen LogP contribution is 2.23. The van der Waals surface area contributed by atoms with E-state index in [-0.39, 0.29) is 71.5 Å². The minimum absolute atomic E-state index is 0.159. The molecule has 0 unspecified atom stereocenters. The molecular formula is C46H75N7O21. The fourth-order valence-electron chi connectivity index (χ4n) is 7.45. The van der Waals surface area contributed by atoms with Crippen molar-refractivity contribution in [1.82, 2.24) is 36.4 Å². The molecule has 28 heteroatoms. The van der Waals surface area contributed by atoms with E-state index in [0.717, 1.165) is 5.56 Å². The molecule has 2 aliphatic heterocycles. The minimum atomic E-state index is -1.67. The lowest BCUT2D eigenvalue weighted by Gasteiger charge is -2.39. The molecule has 1 aromatic carbocycles. The van der Waals surface area contributed by atoms with Crippen molar-refractivity contribution >= 4 is 41.5 Å². The lowest BCUT2D eigenvalue weighted by molar-refractivity contribution is -0.300. The smallest absolute Gasteiger partial charge is 0.317 e. The maximum absolute atomic E-state index is 13.0. The monoisotopic (exact) mass is 1060 g/mol. The van der Waals surface area contributed by atoms with Gasteiger partial charge in [0, 0.05) is 39.1 Å². The Balaban J connectivity index is 1.36. The van der Waals surface area contributed by atoms with Gasteiger partial charge in [-0.1, -0.05) is 36.8 Å². The van der Waals surface area contributed by atoms with Crippen molar-refractivity contribution in [3.05, 3.63) is 35.9 Å². The Morgan fingerprint density at radius 3 is 1.26 bits per heavy atom. The number of hydrogen-bond acceptors (Lipinski definition) is 22. The van der Waals surface area contributed by atoms with Crippen molar-refractivity contribution in [2.24, 2.45) is 0 Å². The molecule has 0 aromatic heterocycles. The molecule has 0 radical (unpaired) electrons. The van der Waals surface area contributed by atoms with Crippen LogP contribution in [0, 0.1) is 0 Å². The maximum atomic E-state index is 13.0. The molecular weight excluding hydrogens is 987 g/mol. The van der Waals surface area contributed by atoms with E-state index in [1.54, 1.807) is 0 Å². The summed E-state index contributed by atoms with van der Waals surface area (Å²) < 4.78 is 26.5. The predicted octanol–water partition coefficient (Wildman–Crippen LogP) is -6.64. The molecule has 2 saturated heterocycles. The van der Waals surface area contributed by atoms with Crippen LogP contribution < -0.4 is 26.6 Å². The Hall–Kier alpha value is -5.05. The molecule has 74 heavy (non-hydrogen) atoms. The minimum Gasteiger partial charge on any atom is -0.480 e. The van der Waals surface area contributed by atoms with Gasteiger partial charge in [-0.2, -0.15) is 0 Å². The number of carbonyl (C=O) groups excluding carboxylic acids is 6. The first-order valence-corrected chi connectivity index (χ1v) is 24.5. The van der Waals surface area contributed by atoms with Gasteiger partial charge in [-0.05, 0) is 37.7 Å². The number of unbranched alkanes of at least 4 members (excludes halogenated alkanes) is 4. The van der Waals surface area contributed by atoms with Crippen molar-refractivity contribution in [2.75, 3.05) is 98.4 Å². The van der Waals surface area contributed by atoms with Crippen molar-refractivity contribution in [2.45, 2.75) is 113 Å². The zero-order chi connectivity index (χ0) is 54.4. The Morgan fingerprint density at radius 2 is 0.865 bits per heavy atom. The van der Waals surface area contributed by atoms with Crippen LogP contribution in [-0.4, -0.2) is 257 Å². The number of carboxylic acid groups (broad SMARTS) is 1. The molecule has 1 aromatic rings. The molecule has 3 rings (SSSR count). The summed E-state index contributed by atoms with van der Waals surface area (Å²) in [4.78, 5) is 89.8. The molecule has 0 spiro atoms. The normalized spacial score (nSPS) is 23.7. The van der Waals surface area contributed by atoms with Gasteiger partial charge in [-0.3, -0.25) is 43.4 Å². The fourth-order valence-corrected chi connectivity index (χ4v) is 7.45. The number of nitrogens with one attached hydrogen (secondary N) is 5. The van der Waals surface area contributed by atoms with E-state index in [1.807, 2.05) is 30.3 Å². The van der Waals surface area contributed by atoms with Crippen molar-refractivity contribution in [1.29, 1.82) is 0 Å². The highest BCUT2D eigenvalue weighted by molar-refractivity contribution is 5.84. The van der Waals surface area contributed by atoms with Crippen LogP contribution in [0.25, 0.3) is 0 Å². The predicted molar refractivity (Wildman–Crippen MR) is 254 cm³/mol. The summed E-state index contributed by atoms with van der Waals surface area (Å²) in [5, 5.41) is 101. The highest BCUT2D eigenvalue weighted by atomic mass is 16.7. The number of aliphatic carboxylic acids is 1. The average molecular weight is 1060 g/mol. The molecule has 2 fully saturated rings. The third-order valence-electron chi connectivity index (χ3n) is 11.4. The third kappa shape index (κ3) is 24.5. The van der Waals surface area contributed by atoms with Crippen molar-refractivity contribution < 1.29 is 103 Å². The first-order valence-electron chi connectivity index (χ1n) is 24.5. The van der Waals surface area contributed by atoms with Crippen molar-refractivity contribution in [3.63, 3.8) is 0 Å². The number of carbonyl (C=O) groups is 7. The number of nitrogens with zero attached hydrogens (tertiary/aromatic N) is 2. The van der Waals surface area contributed by atoms with Gasteiger partial charge < -0.3 is 96.2 Å². The second kappa shape index (κ2) is 35.3. The summed E-state index contributed by atoms with van der Waals surface area (Å²) in [7, 11) is 0. The second-order valence-corrected chi connectivity index (χ2v) is 17.6. The number of aliphatic hydroxyl groups excluding tert-OH is 8. The van der Waals surface area contributed by atoms with E-state index in [9.17, 15) is 79.5 Å². The van der Waals surface area contributed by atoms with Crippen LogP contribution in [0.2, 0.25) is 0 Å². The summed E-state index contributed by atoms with van der Waals surface area (Å²) >= 11 is 0. The van der Waals surface area contributed by atoms with E-state index in [1.165, 1.54) is 9.80 Å². The zero-order valence-corrected chi connectivity index (χ0v) is 41.2. The third-order valence-corrected chi connectivity index (χ3v) is 11.4. The van der Waals surface area contributed by atoms with Crippen LogP contribution in [0.3, 0.4) is 0 Å². The Labute approximate surface area is 427 Å². The highest BCUT2D eigenvalue weighted by Gasteiger charge is 2.45. The fraction of sp³-hybridized carbons (Fsp3) is 0.717. The number of carboxylic acids is 1. The van der Waals surface area contributed by atoms with E-state index in [0.29, 0.717) is 45.1 Å². The molecule has 2 aliphatic rings. The SMILES string of the molecule is O=C(O)CN(CC(=O)NCCCCCNC(=O)CN(CC(=O)NCCO[C@H]1O[C@H](CO)[C@@H](O)[C@H](O)[C@@H]1O)CC(=O)NCCO[C@@H]1O[C@@H](CO)[C@H](O)[C@@H](O)[C@H]1O)CC(=O)NCCCCCC(=O)OCc1ccccc1. The van der Waals surface area contributed by atoms with E-state index in [4.69, 9.17) is 23.7 Å². The molecule has 420 valence electrons. The lowest BCUT2D eigenvalue weighted by Crippen LogP contribution is -2.59. The van der Waals surface area contributed by atoms with E-state index < -0.39 is 136 Å².